The van der Waals surface area contributed by atoms with Crippen LogP contribution in [0.1, 0.15) is 16.7 Å². The van der Waals surface area contributed by atoms with Crippen LogP contribution in [0.5, 0.6) is 0 Å². The second-order valence-corrected chi connectivity index (χ2v) is 4.72. The molecule has 0 N–H and O–H groups in total. The zero-order valence-corrected chi connectivity index (χ0v) is 9.31. The van der Waals surface area contributed by atoms with Crippen LogP contribution < -0.4 is 0 Å². The van der Waals surface area contributed by atoms with E-state index < -0.39 is 27.6 Å². The summed E-state index contributed by atoms with van der Waals surface area (Å²) in [6.07, 6.45) is -3.39. The molecule has 0 saturated heterocycles. The molecule has 0 atom stereocenters. The molecule has 1 rings (SSSR count). The highest BCUT2D eigenvalue weighted by Crippen LogP contribution is 2.31. The SMILES string of the molecule is C=Cc1ccc(C(F)(F)F)cc1CS(=O)(=O)[O-]. The van der Waals surface area contributed by atoms with Gasteiger partial charge in [-0.15, -0.1) is 0 Å². The highest BCUT2D eigenvalue weighted by atomic mass is 32.2. The van der Waals surface area contributed by atoms with E-state index in [0.29, 0.717) is 6.07 Å². The van der Waals surface area contributed by atoms with Crippen LogP contribution >= 0.6 is 0 Å². The molecule has 17 heavy (non-hydrogen) atoms. The first-order valence-corrected chi connectivity index (χ1v) is 5.97. The van der Waals surface area contributed by atoms with Gasteiger partial charge in [0.1, 0.15) is 0 Å². The normalized spacial score (nSPS) is 12.5. The minimum Gasteiger partial charge on any atom is -0.748 e. The molecule has 0 unspecified atom stereocenters. The maximum absolute atomic E-state index is 12.4. The van der Waals surface area contributed by atoms with Crippen molar-refractivity contribution in [2.24, 2.45) is 0 Å². The molecule has 0 spiro atoms. The van der Waals surface area contributed by atoms with Crippen LogP contribution in [-0.2, 0) is 22.0 Å². The summed E-state index contributed by atoms with van der Waals surface area (Å²) >= 11 is 0. The highest BCUT2D eigenvalue weighted by Gasteiger charge is 2.30. The predicted molar refractivity (Wildman–Crippen MR) is 54.9 cm³/mol. The number of hydrogen-bond acceptors (Lipinski definition) is 3. The van der Waals surface area contributed by atoms with Crippen molar-refractivity contribution in [3.63, 3.8) is 0 Å². The molecule has 7 heteroatoms. The summed E-state index contributed by atoms with van der Waals surface area (Å²) in [5, 5.41) is 0. The molecular formula is C10H8F3O3S-. The molecule has 0 heterocycles. The van der Waals surface area contributed by atoms with Gasteiger partial charge in [-0.1, -0.05) is 18.7 Å². The fourth-order valence-electron chi connectivity index (χ4n) is 1.30. The van der Waals surface area contributed by atoms with Crippen molar-refractivity contribution in [1.82, 2.24) is 0 Å². The van der Waals surface area contributed by atoms with E-state index in [-0.39, 0.29) is 11.1 Å². The zero-order valence-electron chi connectivity index (χ0n) is 8.49. The van der Waals surface area contributed by atoms with E-state index in [4.69, 9.17) is 0 Å². The van der Waals surface area contributed by atoms with Crippen LogP contribution in [0.3, 0.4) is 0 Å². The molecule has 0 amide bonds. The molecule has 0 fully saturated rings. The summed E-state index contributed by atoms with van der Waals surface area (Å²) in [6.45, 7) is 3.34. The van der Waals surface area contributed by atoms with Crippen LogP contribution in [-0.4, -0.2) is 13.0 Å². The van der Waals surface area contributed by atoms with Crippen molar-refractivity contribution >= 4 is 16.2 Å². The van der Waals surface area contributed by atoms with E-state index in [9.17, 15) is 26.1 Å². The lowest BCUT2D eigenvalue weighted by atomic mass is 10.0. The van der Waals surface area contributed by atoms with Gasteiger partial charge in [-0.2, -0.15) is 13.2 Å². The number of rotatable bonds is 3. The Kier molecular flexibility index (Phi) is 3.63. The van der Waals surface area contributed by atoms with Gasteiger partial charge in [0, 0.05) is 0 Å². The molecule has 0 saturated carbocycles. The monoisotopic (exact) mass is 265 g/mol. The summed E-state index contributed by atoms with van der Waals surface area (Å²) in [7, 11) is -4.64. The van der Waals surface area contributed by atoms with Gasteiger partial charge in [-0.05, 0) is 23.3 Å². The van der Waals surface area contributed by atoms with Gasteiger partial charge in [0.15, 0.2) is 0 Å². The van der Waals surface area contributed by atoms with Crippen molar-refractivity contribution in [3.8, 4) is 0 Å². The summed E-state index contributed by atoms with van der Waals surface area (Å²) in [5.41, 5.74) is -1.01. The van der Waals surface area contributed by atoms with Gasteiger partial charge in [0.25, 0.3) is 0 Å². The first kappa shape index (κ1) is 13.7. The Bertz CT molecular complexity index is 532. The average molecular weight is 265 g/mol. The fraction of sp³-hybridized carbons (Fsp3) is 0.200. The molecule has 0 aliphatic rings. The molecule has 3 nitrogen and oxygen atoms in total. The lowest BCUT2D eigenvalue weighted by Gasteiger charge is -2.13. The van der Waals surface area contributed by atoms with Crippen molar-refractivity contribution in [2.75, 3.05) is 0 Å². The smallest absolute Gasteiger partial charge is 0.416 e. The number of benzene rings is 1. The van der Waals surface area contributed by atoms with Gasteiger partial charge in [-0.25, -0.2) is 8.42 Å². The molecule has 0 bridgehead atoms. The minimum absolute atomic E-state index is 0.192. The van der Waals surface area contributed by atoms with Crippen molar-refractivity contribution in [1.29, 1.82) is 0 Å². The predicted octanol–water partition coefficient (Wildman–Crippen LogP) is 2.39. The fourth-order valence-corrected chi connectivity index (χ4v) is 1.93. The summed E-state index contributed by atoms with van der Waals surface area (Å²) in [4.78, 5) is 0. The molecule has 0 aliphatic carbocycles. The van der Waals surface area contributed by atoms with E-state index in [1.54, 1.807) is 0 Å². The molecule has 1 aromatic carbocycles. The lowest BCUT2D eigenvalue weighted by molar-refractivity contribution is -0.137. The third-order valence-electron chi connectivity index (χ3n) is 2.02. The Morgan fingerprint density at radius 3 is 2.35 bits per heavy atom. The van der Waals surface area contributed by atoms with Crippen LogP contribution in [0.25, 0.3) is 6.08 Å². The van der Waals surface area contributed by atoms with Crippen molar-refractivity contribution < 1.29 is 26.1 Å². The van der Waals surface area contributed by atoms with Crippen LogP contribution in [0.2, 0.25) is 0 Å². The number of halogens is 3. The van der Waals surface area contributed by atoms with Crippen molar-refractivity contribution in [2.45, 2.75) is 11.9 Å². The molecule has 0 aromatic heterocycles. The van der Waals surface area contributed by atoms with Gasteiger partial charge in [0.05, 0.1) is 21.4 Å². The zero-order chi connectivity index (χ0) is 13.3. The third-order valence-corrected chi connectivity index (χ3v) is 2.69. The van der Waals surface area contributed by atoms with Crippen LogP contribution in [0, 0.1) is 0 Å². The molecule has 0 radical (unpaired) electrons. The average Bonchev–Trinajstić information content (AvgIpc) is 2.13. The Morgan fingerprint density at radius 1 is 1.35 bits per heavy atom. The van der Waals surface area contributed by atoms with Crippen LogP contribution in [0.4, 0.5) is 13.2 Å². The van der Waals surface area contributed by atoms with Crippen molar-refractivity contribution in [3.05, 3.63) is 41.5 Å². The molecular weight excluding hydrogens is 257 g/mol. The second-order valence-electron chi connectivity index (χ2n) is 3.32. The van der Waals surface area contributed by atoms with Gasteiger partial charge in [-0.3, -0.25) is 0 Å². The Morgan fingerprint density at radius 2 is 1.94 bits per heavy atom. The number of hydrogen-bond donors (Lipinski definition) is 0. The van der Waals surface area contributed by atoms with E-state index in [2.05, 4.69) is 6.58 Å². The Labute approximate surface area is 96.3 Å². The quantitative estimate of drug-likeness (QED) is 0.788. The van der Waals surface area contributed by atoms with E-state index >= 15 is 0 Å². The van der Waals surface area contributed by atoms with Gasteiger partial charge >= 0.3 is 6.18 Å². The first-order chi connectivity index (χ1) is 7.63. The van der Waals surface area contributed by atoms with E-state index in [0.717, 1.165) is 12.1 Å². The Hall–Kier alpha value is -1.34. The maximum Gasteiger partial charge on any atom is 0.416 e. The highest BCUT2D eigenvalue weighted by molar-refractivity contribution is 7.84. The molecule has 0 aliphatic heterocycles. The standard InChI is InChI=1S/C10H9F3O3S/c1-2-7-3-4-9(10(11,12)13)5-8(7)6-17(14,15)16/h2-5H,1,6H2,(H,14,15,16)/p-1. The lowest BCUT2D eigenvalue weighted by Crippen LogP contribution is -2.09. The third kappa shape index (κ3) is 3.86. The maximum atomic E-state index is 12.4. The second kappa shape index (κ2) is 4.50. The van der Waals surface area contributed by atoms with E-state index in [1.165, 1.54) is 6.08 Å². The first-order valence-electron chi connectivity index (χ1n) is 4.39. The van der Waals surface area contributed by atoms with Gasteiger partial charge in [0.2, 0.25) is 0 Å². The van der Waals surface area contributed by atoms with Gasteiger partial charge < -0.3 is 4.55 Å². The molecule has 94 valence electrons. The summed E-state index contributed by atoms with van der Waals surface area (Å²) < 4.78 is 68.8. The van der Waals surface area contributed by atoms with E-state index in [1.807, 2.05) is 0 Å². The summed E-state index contributed by atoms with van der Waals surface area (Å²) in [6, 6.07) is 2.53. The summed E-state index contributed by atoms with van der Waals surface area (Å²) in [5.74, 6) is -0.988. The largest absolute Gasteiger partial charge is 0.748 e. The number of alkyl halides is 3. The van der Waals surface area contributed by atoms with Crippen LogP contribution in [0.15, 0.2) is 24.8 Å². The topological polar surface area (TPSA) is 57.2 Å². The molecule has 1 aromatic rings. The Balaban J connectivity index is 3.30. The minimum atomic E-state index is -4.64.